The van der Waals surface area contributed by atoms with Gasteiger partial charge in [-0.05, 0) is 18.4 Å². The van der Waals surface area contributed by atoms with Crippen LogP contribution in [0.1, 0.15) is 36.1 Å². The Morgan fingerprint density at radius 3 is 2.81 bits per heavy atom. The first-order valence-corrected chi connectivity index (χ1v) is 8.88. The Hall–Kier alpha value is -2.64. The predicted octanol–water partition coefficient (Wildman–Crippen LogP) is 3.62. The summed E-state index contributed by atoms with van der Waals surface area (Å²) in [6, 6.07) is 11.3. The summed E-state index contributed by atoms with van der Waals surface area (Å²) in [5.41, 5.74) is 2.01. The minimum absolute atomic E-state index is 0.0793. The number of benzene rings is 1. The Bertz CT molecular complexity index is 880. The maximum Gasteiger partial charge on any atom is 0.225 e. The monoisotopic (exact) mass is 370 g/mol. The van der Waals surface area contributed by atoms with Gasteiger partial charge in [0.1, 0.15) is 10.8 Å². The molecule has 1 aliphatic rings. The maximum atomic E-state index is 9.69. The van der Waals surface area contributed by atoms with Crippen LogP contribution in [0.2, 0.25) is 5.02 Å². The molecular formula is C18H19ClN6O. The Labute approximate surface area is 155 Å². The zero-order chi connectivity index (χ0) is 17.9. The van der Waals surface area contributed by atoms with E-state index in [4.69, 9.17) is 11.6 Å². The van der Waals surface area contributed by atoms with Gasteiger partial charge in [0.2, 0.25) is 5.95 Å². The molecule has 0 radical (unpaired) electrons. The molecule has 0 bridgehead atoms. The molecule has 7 nitrogen and oxygen atoms in total. The molecular weight excluding hydrogens is 352 g/mol. The second-order valence-corrected chi connectivity index (χ2v) is 6.69. The van der Waals surface area contributed by atoms with Gasteiger partial charge in [-0.1, -0.05) is 41.9 Å². The Morgan fingerprint density at radius 2 is 2.08 bits per heavy atom. The number of aliphatic hydroxyl groups is 1. The van der Waals surface area contributed by atoms with E-state index in [0.29, 0.717) is 22.7 Å². The molecule has 1 fully saturated rings. The minimum Gasteiger partial charge on any atom is -0.394 e. The molecule has 4 N–H and O–H groups in total. The highest BCUT2D eigenvalue weighted by molar-refractivity contribution is 6.32. The summed E-state index contributed by atoms with van der Waals surface area (Å²) in [6.45, 7) is -0.0793. The van der Waals surface area contributed by atoms with Crippen LogP contribution in [0.3, 0.4) is 0 Å². The average Bonchev–Trinajstić information content (AvgIpc) is 3.42. The third kappa shape index (κ3) is 3.79. The molecule has 2 heterocycles. The second-order valence-electron chi connectivity index (χ2n) is 6.29. The van der Waals surface area contributed by atoms with Crippen molar-refractivity contribution < 1.29 is 5.11 Å². The van der Waals surface area contributed by atoms with Crippen molar-refractivity contribution in [3.8, 4) is 0 Å². The largest absolute Gasteiger partial charge is 0.394 e. The van der Waals surface area contributed by atoms with Crippen LogP contribution in [0.4, 0.5) is 17.6 Å². The molecule has 2 aromatic heterocycles. The minimum atomic E-state index is -0.307. The quantitative estimate of drug-likeness (QED) is 0.507. The number of aliphatic hydroxyl groups excluding tert-OH is 1. The summed E-state index contributed by atoms with van der Waals surface area (Å²) >= 11 is 6.22. The van der Waals surface area contributed by atoms with E-state index in [1.54, 1.807) is 0 Å². The van der Waals surface area contributed by atoms with Gasteiger partial charge >= 0.3 is 0 Å². The van der Waals surface area contributed by atoms with Crippen LogP contribution in [0.25, 0.3) is 0 Å². The first-order chi connectivity index (χ1) is 12.7. The summed E-state index contributed by atoms with van der Waals surface area (Å²) in [6.07, 6.45) is 3.90. The van der Waals surface area contributed by atoms with Crippen molar-refractivity contribution in [3.63, 3.8) is 0 Å². The molecule has 0 saturated heterocycles. The molecule has 1 aliphatic carbocycles. The van der Waals surface area contributed by atoms with Crippen LogP contribution in [0.15, 0.2) is 42.6 Å². The van der Waals surface area contributed by atoms with Gasteiger partial charge < -0.3 is 15.7 Å². The Balaban J connectivity index is 1.51. The molecule has 0 spiro atoms. The lowest BCUT2D eigenvalue weighted by molar-refractivity contribution is 0.276. The first-order valence-electron chi connectivity index (χ1n) is 8.50. The van der Waals surface area contributed by atoms with Crippen molar-refractivity contribution in [1.82, 2.24) is 20.2 Å². The summed E-state index contributed by atoms with van der Waals surface area (Å²) in [4.78, 5) is 8.63. The van der Waals surface area contributed by atoms with E-state index < -0.39 is 0 Å². The van der Waals surface area contributed by atoms with Gasteiger partial charge in [0.25, 0.3) is 0 Å². The van der Waals surface area contributed by atoms with E-state index in [0.717, 1.165) is 17.1 Å². The van der Waals surface area contributed by atoms with Gasteiger partial charge in [-0.15, -0.1) is 0 Å². The number of halogens is 1. The predicted molar refractivity (Wildman–Crippen MR) is 101 cm³/mol. The van der Waals surface area contributed by atoms with E-state index in [-0.39, 0.29) is 12.6 Å². The fourth-order valence-electron chi connectivity index (χ4n) is 2.72. The number of nitrogens with zero attached hydrogens (tertiary/aromatic N) is 3. The van der Waals surface area contributed by atoms with Gasteiger partial charge in [-0.25, -0.2) is 4.98 Å². The van der Waals surface area contributed by atoms with Crippen molar-refractivity contribution in [1.29, 1.82) is 0 Å². The molecule has 1 saturated carbocycles. The standard InChI is InChI=1S/C18H19ClN6O/c19-13-9-20-18(21-15(10-26)11-4-2-1-3-5-11)23-17(13)22-16-8-14(24-25-16)12-6-7-12/h1-5,8-9,12,15,26H,6-7,10H2,(H3,20,21,22,23,24,25)/t15-/m1/s1. The fourth-order valence-corrected chi connectivity index (χ4v) is 2.86. The van der Waals surface area contributed by atoms with E-state index >= 15 is 0 Å². The van der Waals surface area contributed by atoms with Gasteiger partial charge in [0.05, 0.1) is 24.5 Å². The van der Waals surface area contributed by atoms with Crippen molar-refractivity contribution >= 4 is 29.2 Å². The number of aromatic amines is 1. The summed E-state index contributed by atoms with van der Waals surface area (Å²) < 4.78 is 0. The smallest absolute Gasteiger partial charge is 0.225 e. The molecule has 0 aliphatic heterocycles. The SMILES string of the molecule is OC[C@@H](Nc1ncc(Cl)c(Nc2cc(C3CC3)n[nH]2)n1)c1ccccc1. The molecule has 4 rings (SSSR count). The molecule has 0 unspecified atom stereocenters. The van der Waals surface area contributed by atoms with Gasteiger partial charge in [-0.3, -0.25) is 5.10 Å². The van der Waals surface area contributed by atoms with Crippen molar-refractivity contribution in [2.24, 2.45) is 0 Å². The zero-order valence-electron chi connectivity index (χ0n) is 14.0. The molecule has 134 valence electrons. The summed E-state index contributed by atoms with van der Waals surface area (Å²) in [5.74, 6) is 2.15. The van der Waals surface area contributed by atoms with Crippen LogP contribution in [0, 0.1) is 0 Å². The van der Waals surface area contributed by atoms with Gasteiger partial charge in [-0.2, -0.15) is 10.1 Å². The highest BCUT2D eigenvalue weighted by atomic mass is 35.5. The molecule has 0 amide bonds. The number of aromatic nitrogens is 4. The van der Waals surface area contributed by atoms with Crippen molar-refractivity contribution in [2.45, 2.75) is 24.8 Å². The lowest BCUT2D eigenvalue weighted by Gasteiger charge is -2.17. The van der Waals surface area contributed by atoms with E-state index in [1.807, 2.05) is 36.4 Å². The highest BCUT2D eigenvalue weighted by Gasteiger charge is 2.26. The number of hydrogen-bond acceptors (Lipinski definition) is 6. The van der Waals surface area contributed by atoms with Crippen LogP contribution in [-0.4, -0.2) is 31.9 Å². The van der Waals surface area contributed by atoms with Crippen LogP contribution in [0.5, 0.6) is 0 Å². The Kier molecular flexibility index (Phi) is 4.73. The third-order valence-electron chi connectivity index (χ3n) is 4.28. The number of H-pyrrole nitrogens is 1. The molecule has 3 aromatic rings. The van der Waals surface area contributed by atoms with E-state index in [1.165, 1.54) is 19.0 Å². The fraction of sp³-hybridized carbons (Fsp3) is 0.278. The zero-order valence-corrected chi connectivity index (χ0v) is 14.7. The normalized spacial score (nSPS) is 14.8. The topological polar surface area (TPSA) is 98.7 Å². The van der Waals surface area contributed by atoms with Crippen LogP contribution in [-0.2, 0) is 0 Å². The van der Waals surface area contributed by atoms with Crippen LogP contribution < -0.4 is 10.6 Å². The summed E-state index contributed by atoms with van der Waals surface area (Å²) in [7, 11) is 0. The molecule has 1 atom stereocenters. The maximum absolute atomic E-state index is 9.69. The summed E-state index contributed by atoms with van der Waals surface area (Å²) in [5, 5.41) is 23.6. The third-order valence-corrected chi connectivity index (χ3v) is 4.55. The van der Waals surface area contributed by atoms with Gasteiger partial charge in [0, 0.05) is 12.0 Å². The molecule has 8 heteroatoms. The lowest BCUT2D eigenvalue weighted by atomic mass is 10.1. The average molecular weight is 371 g/mol. The molecule has 26 heavy (non-hydrogen) atoms. The van der Waals surface area contributed by atoms with Crippen LogP contribution >= 0.6 is 11.6 Å². The lowest BCUT2D eigenvalue weighted by Crippen LogP contribution is -2.16. The van der Waals surface area contributed by atoms with E-state index in [2.05, 4.69) is 30.8 Å². The Morgan fingerprint density at radius 1 is 1.27 bits per heavy atom. The molecule has 1 aromatic carbocycles. The van der Waals surface area contributed by atoms with E-state index in [9.17, 15) is 5.11 Å². The highest BCUT2D eigenvalue weighted by Crippen LogP contribution is 2.39. The second kappa shape index (κ2) is 7.31. The number of anilines is 3. The number of rotatable bonds is 7. The van der Waals surface area contributed by atoms with Crippen molar-refractivity contribution in [3.05, 3.63) is 58.9 Å². The number of hydrogen-bond donors (Lipinski definition) is 4. The van der Waals surface area contributed by atoms with Crippen molar-refractivity contribution in [2.75, 3.05) is 17.2 Å². The number of nitrogens with one attached hydrogen (secondary N) is 3. The first kappa shape index (κ1) is 16.8. The van der Waals surface area contributed by atoms with Gasteiger partial charge in [0.15, 0.2) is 5.82 Å².